The zero-order valence-corrected chi connectivity index (χ0v) is 26.1. The Morgan fingerprint density at radius 2 is 1.63 bits per heavy atom. The van der Waals surface area contributed by atoms with Crippen LogP contribution in [0.5, 0.6) is 0 Å². The van der Waals surface area contributed by atoms with Gasteiger partial charge in [-0.1, -0.05) is 94.7 Å². The Balaban J connectivity index is 0.00000529. The van der Waals surface area contributed by atoms with Gasteiger partial charge < -0.3 is 10.1 Å². The summed E-state index contributed by atoms with van der Waals surface area (Å²) < 4.78 is 7.02. The maximum Gasteiger partial charge on any atom is 0.435 e. The second kappa shape index (κ2) is 17.3. The second-order valence-electron chi connectivity index (χ2n) is 10.5. The van der Waals surface area contributed by atoms with E-state index in [2.05, 4.69) is 22.3 Å². The predicted molar refractivity (Wildman–Crippen MR) is 178 cm³/mol. The molecule has 0 radical (unpaired) electrons. The molecule has 0 unspecified atom stereocenters. The van der Waals surface area contributed by atoms with Crippen LogP contribution in [-0.2, 0) is 4.74 Å². The molecule has 4 aromatic rings. The Bertz CT molecular complexity index is 1510. The van der Waals surface area contributed by atoms with E-state index < -0.39 is 6.09 Å². The van der Waals surface area contributed by atoms with Gasteiger partial charge in [0.15, 0.2) is 0 Å². The molecule has 0 atom stereocenters. The number of nitrogens with zero attached hydrogens (tertiary/aromatic N) is 3. The van der Waals surface area contributed by atoms with E-state index in [1.165, 1.54) is 61.4 Å². The maximum atomic E-state index is 13.2. The number of hydrogen-bond acceptors (Lipinski definition) is 6. The number of pyridine rings is 1. The van der Waals surface area contributed by atoms with Crippen LogP contribution in [0.25, 0.3) is 23.1 Å². The van der Waals surface area contributed by atoms with E-state index in [9.17, 15) is 9.59 Å². The van der Waals surface area contributed by atoms with Gasteiger partial charge in [-0.3, -0.25) is 9.78 Å². The van der Waals surface area contributed by atoms with Crippen molar-refractivity contribution < 1.29 is 15.8 Å². The summed E-state index contributed by atoms with van der Waals surface area (Å²) in [6.07, 6.45) is 17.2. The summed E-state index contributed by atoms with van der Waals surface area (Å²) in [5.74, 6) is -0.147. The minimum Gasteiger partial charge on any atom is -0.448 e. The van der Waals surface area contributed by atoms with Crippen molar-refractivity contribution in [2.45, 2.75) is 80.9 Å². The topological polar surface area (TPSA) is 86.1 Å². The molecule has 0 aliphatic heterocycles. The maximum absolute atomic E-state index is 13.2. The monoisotopic (exact) mass is 600 g/mol. The summed E-state index contributed by atoms with van der Waals surface area (Å²) in [6.45, 7) is 2.61. The van der Waals surface area contributed by atoms with Gasteiger partial charge in [0.25, 0.3) is 5.91 Å². The van der Waals surface area contributed by atoms with Crippen LogP contribution in [0.2, 0.25) is 0 Å². The fraction of sp³-hybridized carbons (Fsp3) is 0.371. The summed E-state index contributed by atoms with van der Waals surface area (Å²) in [5, 5.41) is 8.16. The molecule has 1 amide bonds. The fourth-order valence-corrected chi connectivity index (χ4v) is 5.88. The zero-order valence-electron chi connectivity index (χ0n) is 25.3. The number of benzene rings is 2. The van der Waals surface area contributed by atoms with Crippen LogP contribution in [0.15, 0.2) is 76.7 Å². The van der Waals surface area contributed by atoms with Crippen LogP contribution >= 0.6 is 11.8 Å². The molecule has 2 heterocycles. The van der Waals surface area contributed by atoms with E-state index in [1.54, 1.807) is 19.3 Å². The highest BCUT2D eigenvalue weighted by atomic mass is 32.2. The molecule has 0 fully saturated rings. The lowest BCUT2D eigenvalue weighted by Gasteiger charge is -2.09. The fourth-order valence-electron chi connectivity index (χ4n) is 4.90. The minimum atomic E-state index is -0.494. The highest BCUT2D eigenvalue weighted by molar-refractivity contribution is 7.99. The summed E-state index contributed by atoms with van der Waals surface area (Å²) in [4.78, 5) is 31.7. The van der Waals surface area contributed by atoms with Gasteiger partial charge in [0.2, 0.25) is 0 Å². The molecule has 0 aliphatic rings. The lowest BCUT2D eigenvalue weighted by molar-refractivity contribution is 0.0960. The van der Waals surface area contributed by atoms with Crippen LogP contribution in [0.1, 0.15) is 94.3 Å². The number of aromatic nitrogens is 3. The number of rotatable bonds is 16. The average Bonchev–Trinajstić information content (AvgIpc) is 3.40. The van der Waals surface area contributed by atoms with E-state index in [-0.39, 0.29) is 7.33 Å². The molecule has 0 saturated heterocycles. The summed E-state index contributed by atoms with van der Waals surface area (Å²) in [7, 11) is 1.62. The van der Waals surface area contributed by atoms with E-state index in [0.717, 1.165) is 40.1 Å². The lowest BCUT2D eigenvalue weighted by Crippen LogP contribution is -2.18. The Morgan fingerprint density at radius 3 is 2.35 bits per heavy atom. The SMILES string of the molecule is CCCCCCCCCCCCOC(=O)n1nc(/C=C/c2ccccn2)c2ccc(Sc3ccccc3C(=O)NC)cc21.[HH]. The van der Waals surface area contributed by atoms with Gasteiger partial charge in [-0.15, -0.1) is 0 Å². The lowest BCUT2D eigenvalue weighted by atomic mass is 10.1. The van der Waals surface area contributed by atoms with E-state index in [0.29, 0.717) is 23.4 Å². The van der Waals surface area contributed by atoms with Crippen LogP contribution in [0.4, 0.5) is 4.79 Å². The van der Waals surface area contributed by atoms with Crippen molar-refractivity contribution in [3.05, 3.63) is 83.8 Å². The van der Waals surface area contributed by atoms with Gasteiger partial charge in [-0.2, -0.15) is 9.78 Å². The van der Waals surface area contributed by atoms with Crippen molar-refractivity contribution in [1.82, 2.24) is 20.1 Å². The second-order valence-corrected chi connectivity index (χ2v) is 11.7. The first-order valence-corrected chi connectivity index (χ1v) is 16.2. The normalized spacial score (nSPS) is 11.3. The molecule has 1 N–H and O–H groups in total. The molecule has 4 rings (SSSR count). The van der Waals surface area contributed by atoms with Crippen LogP contribution < -0.4 is 5.32 Å². The molecule has 2 aromatic heterocycles. The molecule has 0 spiro atoms. The summed E-state index contributed by atoms with van der Waals surface area (Å²) >= 11 is 1.47. The number of nitrogens with one attached hydrogen (secondary N) is 1. The van der Waals surface area contributed by atoms with Gasteiger partial charge in [-0.25, -0.2) is 4.79 Å². The molecule has 0 aliphatic carbocycles. The van der Waals surface area contributed by atoms with Crippen LogP contribution in [0, 0.1) is 0 Å². The summed E-state index contributed by atoms with van der Waals surface area (Å²) in [6, 6.07) is 19.0. The highest BCUT2D eigenvalue weighted by Crippen LogP contribution is 2.33. The largest absolute Gasteiger partial charge is 0.448 e. The third-order valence-electron chi connectivity index (χ3n) is 7.26. The molecule has 43 heavy (non-hydrogen) atoms. The molecule has 228 valence electrons. The number of ether oxygens (including phenoxy) is 1. The first-order chi connectivity index (χ1) is 21.1. The number of fused-ring (bicyclic) bond motifs is 1. The molecule has 2 aromatic carbocycles. The van der Waals surface area contributed by atoms with E-state index in [1.807, 2.05) is 66.7 Å². The molecular weight excluding hydrogens is 556 g/mol. The quantitative estimate of drug-likeness (QED) is 0.129. The number of carbonyl (C=O) groups is 2. The smallest absolute Gasteiger partial charge is 0.435 e. The van der Waals surface area contributed by atoms with Crippen molar-refractivity contribution in [1.29, 1.82) is 0 Å². The number of hydrogen-bond donors (Lipinski definition) is 1. The van der Waals surface area contributed by atoms with Crippen molar-refractivity contribution in [3.8, 4) is 0 Å². The Hall–Kier alpha value is -3.91. The minimum absolute atomic E-state index is 0. The van der Waals surface area contributed by atoms with Gasteiger partial charge in [0.05, 0.1) is 29.1 Å². The molecule has 8 heteroatoms. The number of amides is 1. The Labute approximate surface area is 260 Å². The van der Waals surface area contributed by atoms with Crippen LogP contribution in [-0.4, -0.2) is 40.4 Å². The molecular formula is C35H44N4O3S. The van der Waals surface area contributed by atoms with Crippen LogP contribution in [0.3, 0.4) is 0 Å². The van der Waals surface area contributed by atoms with Crippen molar-refractivity contribution in [2.24, 2.45) is 0 Å². The van der Waals surface area contributed by atoms with Crippen molar-refractivity contribution in [2.75, 3.05) is 13.7 Å². The van der Waals surface area contributed by atoms with Gasteiger partial charge in [-0.05, 0) is 61.0 Å². The van der Waals surface area contributed by atoms with Crippen molar-refractivity contribution >= 4 is 46.8 Å². The molecule has 0 saturated carbocycles. The van der Waals surface area contributed by atoms with Gasteiger partial charge >= 0.3 is 6.09 Å². The third kappa shape index (κ3) is 9.55. The Kier molecular flexibility index (Phi) is 12.9. The Morgan fingerprint density at radius 1 is 0.907 bits per heavy atom. The van der Waals surface area contributed by atoms with Crippen molar-refractivity contribution in [3.63, 3.8) is 0 Å². The van der Waals surface area contributed by atoms with Gasteiger partial charge in [0, 0.05) is 29.8 Å². The van der Waals surface area contributed by atoms with E-state index >= 15 is 0 Å². The first kappa shape index (κ1) is 32.0. The van der Waals surface area contributed by atoms with E-state index in [4.69, 9.17) is 4.74 Å². The van der Waals surface area contributed by atoms with Gasteiger partial charge in [0.1, 0.15) is 0 Å². The molecule has 0 bridgehead atoms. The number of carbonyl (C=O) groups excluding carboxylic acids is 2. The molecule has 7 nitrogen and oxygen atoms in total. The first-order valence-electron chi connectivity index (χ1n) is 15.4. The zero-order chi connectivity index (χ0) is 30.3. The highest BCUT2D eigenvalue weighted by Gasteiger charge is 2.18. The standard InChI is InChI=1S/C35H42N4O3S.H2/c1-3-4-5-6-7-8-9-10-11-16-25-42-35(41)39-32-26-28(43-33-19-13-12-18-30(33)34(40)36-2)21-22-29(32)31(38-39)23-20-27-17-14-15-24-37-27;/h12-15,17-24,26H,3-11,16,25H2,1-2H3,(H,36,40);1H/b23-20+;. The number of unbranched alkanes of at least 4 members (excludes halogenated alkanes) is 9. The third-order valence-corrected chi connectivity index (χ3v) is 8.33. The average molecular weight is 601 g/mol. The summed E-state index contributed by atoms with van der Waals surface area (Å²) in [5.41, 5.74) is 2.69. The predicted octanol–water partition coefficient (Wildman–Crippen LogP) is 9.26.